The number of imidazole rings is 1. The van der Waals surface area contributed by atoms with E-state index in [9.17, 15) is 4.79 Å². The maximum atomic E-state index is 11.1. The minimum Gasteiger partial charge on any atom is -0.496 e. The number of rotatable bonds is 3. The number of halogens is 1. The van der Waals surface area contributed by atoms with Gasteiger partial charge in [0.1, 0.15) is 5.75 Å². The van der Waals surface area contributed by atoms with Crippen LogP contribution in [0.3, 0.4) is 0 Å². The number of amides is 1. The molecule has 0 spiro atoms. The van der Waals surface area contributed by atoms with Crippen LogP contribution >= 0.6 is 11.6 Å². The highest BCUT2D eigenvalue weighted by molar-refractivity contribution is 6.31. The molecule has 3 N–H and O–H groups in total. The zero-order valence-corrected chi connectivity index (χ0v) is 10.7. The lowest BCUT2D eigenvalue weighted by Gasteiger charge is -2.07. The lowest BCUT2D eigenvalue weighted by molar-refractivity contribution is 0.0991. The summed E-state index contributed by atoms with van der Waals surface area (Å²) < 4.78 is 5.25. The van der Waals surface area contributed by atoms with Gasteiger partial charge in [-0.1, -0.05) is 11.6 Å². The molecule has 0 radical (unpaired) electrons. The average molecular weight is 266 g/mol. The summed E-state index contributed by atoms with van der Waals surface area (Å²) in [5.74, 6) is 0.139. The van der Waals surface area contributed by atoms with Crippen molar-refractivity contribution in [3.63, 3.8) is 0 Å². The fourth-order valence-corrected chi connectivity index (χ4v) is 1.88. The Kier molecular flexibility index (Phi) is 3.25. The predicted octanol–water partition coefficient (Wildman–Crippen LogP) is 2.15. The van der Waals surface area contributed by atoms with Gasteiger partial charge in [0.15, 0.2) is 5.82 Å². The van der Waals surface area contributed by atoms with Gasteiger partial charge in [0.05, 0.1) is 12.8 Å². The summed E-state index contributed by atoms with van der Waals surface area (Å²) in [6.07, 6.45) is 0. The lowest BCUT2D eigenvalue weighted by atomic mass is 10.1. The molecule has 0 saturated heterocycles. The molecule has 2 rings (SSSR count). The summed E-state index contributed by atoms with van der Waals surface area (Å²) in [6, 6.07) is 5.20. The Morgan fingerprint density at radius 3 is 2.78 bits per heavy atom. The normalized spacial score (nSPS) is 10.4. The number of hydrogen-bond acceptors (Lipinski definition) is 3. The van der Waals surface area contributed by atoms with Crippen molar-refractivity contribution in [1.29, 1.82) is 0 Å². The number of aryl methyl sites for hydroxylation is 1. The predicted molar refractivity (Wildman–Crippen MR) is 68.8 cm³/mol. The minimum absolute atomic E-state index is 0.115. The maximum absolute atomic E-state index is 11.1. The molecule has 0 saturated carbocycles. The molecular weight excluding hydrogens is 254 g/mol. The smallest absolute Gasteiger partial charge is 0.284 e. The van der Waals surface area contributed by atoms with Gasteiger partial charge in [0.25, 0.3) is 5.91 Å². The van der Waals surface area contributed by atoms with Crippen LogP contribution in [0.5, 0.6) is 5.75 Å². The molecule has 0 atom stereocenters. The summed E-state index contributed by atoms with van der Waals surface area (Å²) in [6.45, 7) is 1.80. The summed E-state index contributed by atoms with van der Waals surface area (Å²) in [7, 11) is 1.56. The number of H-pyrrole nitrogens is 1. The molecule has 0 aliphatic heterocycles. The van der Waals surface area contributed by atoms with Crippen molar-refractivity contribution < 1.29 is 9.53 Å². The maximum Gasteiger partial charge on any atom is 0.284 e. The van der Waals surface area contributed by atoms with Crippen LogP contribution < -0.4 is 10.5 Å². The van der Waals surface area contributed by atoms with E-state index in [4.69, 9.17) is 22.1 Å². The Morgan fingerprint density at radius 2 is 2.22 bits per heavy atom. The van der Waals surface area contributed by atoms with Gasteiger partial charge in [-0.2, -0.15) is 0 Å². The molecule has 18 heavy (non-hydrogen) atoms. The van der Waals surface area contributed by atoms with Crippen LogP contribution in [0.25, 0.3) is 11.3 Å². The second-order valence-corrected chi connectivity index (χ2v) is 4.20. The number of hydrogen-bond donors (Lipinski definition) is 2. The summed E-state index contributed by atoms with van der Waals surface area (Å²) >= 11 is 5.96. The fourth-order valence-electron chi connectivity index (χ4n) is 1.70. The number of nitrogens with two attached hydrogens (primary N) is 1. The summed E-state index contributed by atoms with van der Waals surface area (Å²) in [5, 5.41) is 0.564. The zero-order valence-electron chi connectivity index (χ0n) is 9.95. The largest absolute Gasteiger partial charge is 0.496 e. The highest BCUT2D eigenvalue weighted by atomic mass is 35.5. The van der Waals surface area contributed by atoms with E-state index in [1.807, 2.05) is 0 Å². The number of methoxy groups -OCH3 is 1. The van der Waals surface area contributed by atoms with Gasteiger partial charge in [-0.05, 0) is 25.1 Å². The first-order valence-electron chi connectivity index (χ1n) is 5.23. The third-order valence-electron chi connectivity index (χ3n) is 2.53. The number of benzene rings is 1. The number of primary amides is 1. The van der Waals surface area contributed by atoms with Crippen molar-refractivity contribution in [3.05, 3.63) is 34.7 Å². The van der Waals surface area contributed by atoms with Gasteiger partial charge in [0.2, 0.25) is 0 Å². The molecule has 94 valence electrons. The van der Waals surface area contributed by atoms with Gasteiger partial charge >= 0.3 is 0 Å². The third kappa shape index (κ3) is 2.17. The first-order valence-corrected chi connectivity index (χ1v) is 5.61. The van der Waals surface area contributed by atoms with E-state index in [0.29, 0.717) is 22.0 Å². The first-order chi connectivity index (χ1) is 8.52. The summed E-state index contributed by atoms with van der Waals surface area (Å²) in [4.78, 5) is 18.1. The van der Waals surface area contributed by atoms with E-state index in [-0.39, 0.29) is 5.82 Å². The Hall–Kier alpha value is -2.01. The van der Waals surface area contributed by atoms with Crippen molar-refractivity contribution in [2.45, 2.75) is 6.92 Å². The van der Waals surface area contributed by atoms with Gasteiger partial charge in [-0.3, -0.25) is 4.79 Å². The molecule has 6 heteroatoms. The Morgan fingerprint density at radius 1 is 1.50 bits per heavy atom. The molecular formula is C12H12ClN3O2. The van der Waals surface area contributed by atoms with E-state index in [1.165, 1.54) is 0 Å². The van der Waals surface area contributed by atoms with Crippen molar-refractivity contribution in [1.82, 2.24) is 9.97 Å². The molecule has 1 aromatic carbocycles. The number of aromatic nitrogens is 2. The van der Waals surface area contributed by atoms with Crippen molar-refractivity contribution in [2.75, 3.05) is 7.11 Å². The summed E-state index contributed by atoms with van der Waals surface area (Å²) in [5.41, 5.74) is 7.23. The van der Waals surface area contributed by atoms with Crippen molar-refractivity contribution >= 4 is 17.5 Å². The third-order valence-corrected chi connectivity index (χ3v) is 2.77. The molecule has 1 aromatic heterocycles. The molecule has 0 aliphatic carbocycles. The van der Waals surface area contributed by atoms with E-state index in [2.05, 4.69) is 9.97 Å². The molecule has 0 bridgehead atoms. The number of nitrogens with one attached hydrogen (secondary N) is 1. The van der Waals surface area contributed by atoms with Gasteiger partial charge in [0, 0.05) is 16.3 Å². The zero-order chi connectivity index (χ0) is 13.3. The van der Waals surface area contributed by atoms with Crippen LogP contribution in [0.2, 0.25) is 5.02 Å². The van der Waals surface area contributed by atoms with E-state index in [0.717, 1.165) is 5.69 Å². The molecule has 0 unspecified atom stereocenters. The minimum atomic E-state index is -0.606. The second-order valence-electron chi connectivity index (χ2n) is 3.77. The lowest BCUT2D eigenvalue weighted by Crippen LogP contribution is -2.12. The standard InChI is InChI=1S/C12H12ClN3O2/c1-6-10(16-12(15-6)11(14)17)8-5-7(13)3-4-9(8)18-2/h3-5H,1-2H3,(H2,14,17)(H,15,16). The second kappa shape index (κ2) is 4.70. The van der Waals surface area contributed by atoms with E-state index < -0.39 is 5.91 Å². The quantitative estimate of drug-likeness (QED) is 0.892. The van der Waals surface area contributed by atoms with Crippen LogP contribution in [0, 0.1) is 6.92 Å². The van der Waals surface area contributed by atoms with Crippen LogP contribution in [0.1, 0.15) is 16.3 Å². The highest BCUT2D eigenvalue weighted by Gasteiger charge is 2.16. The van der Waals surface area contributed by atoms with E-state index >= 15 is 0 Å². The highest BCUT2D eigenvalue weighted by Crippen LogP contribution is 2.33. The number of nitrogens with zero attached hydrogens (tertiary/aromatic N) is 1. The van der Waals surface area contributed by atoms with Crippen LogP contribution in [0.15, 0.2) is 18.2 Å². The van der Waals surface area contributed by atoms with Crippen molar-refractivity contribution in [2.24, 2.45) is 5.73 Å². The number of carbonyl (C=O) groups is 1. The molecule has 1 heterocycles. The molecule has 1 amide bonds. The topological polar surface area (TPSA) is 81.0 Å². The van der Waals surface area contributed by atoms with Crippen LogP contribution in [-0.2, 0) is 0 Å². The number of ether oxygens (including phenoxy) is 1. The van der Waals surface area contributed by atoms with Crippen LogP contribution in [-0.4, -0.2) is 23.0 Å². The Bertz CT molecular complexity index is 607. The van der Waals surface area contributed by atoms with E-state index in [1.54, 1.807) is 32.2 Å². The molecule has 5 nitrogen and oxygen atoms in total. The fraction of sp³-hybridized carbons (Fsp3) is 0.167. The molecule has 2 aromatic rings. The van der Waals surface area contributed by atoms with Gasteiger partial charge in [-0.25, -0.2) is 4.98 Å². The number of carbonyl (C=O) groups excluding carboxylic acids is 1. The average Bonchev–Trinajstić information content (AvgIpc) is 2.71. The SMILES string of the molecule is COc1ccc(Cl)cc1-c1nc(C(N)=O)[nH]c1C. The van der Waals surface area contributed by atoms with Crippen molar-refractivity contribution in [3.8, 4) is 17.0 Å². The Balaban J connectivity index is 2.60. The van der Waals surface area contributed by atoms with Gasteiger partial charge < -0.3 is 15.5 Å². The molecule has 0 aliphatic rings. The van der Waals surface area contributed by atoms with Gasteiger partial charge in [-0.15, -0.1) is 0 Å². The molecule has 0 fully saturated rings. The number of aromatic amines is 1. The monoisotopic (exact) mass is 265 g/mol. The first kappa shape index (κ1) is 12.4. The Labute approximate surface area is 109 Å². The van der Waals surface area contributed by atoms with Crippen LogP contribution in [0.4, 0.5) is 0 Å².